The van der Waals surface area contributed by atoms with Crippen LogP contribution in [0.15, 0.2) is 140 Å². The highest BCUT2D eigenvalue weighted by Crippen LogP contribution is 2.49. The minimum atomic E-state index is 0.00280. The van der Waals surface area contributed by atoms with Gasteiger partial charge < -0.3 is 0 Å². The summed E-state index contributed by atoms with van der Waals surface area (Å²) in [5, 5.41) is 8.02. The second-order valence-electron chi connectivity index (χ2n) is 15.0. The first kappa shape index (κ1) is 28.1. The van der Waals surface area contributed by atoms with Crippen LogP contribution in [0, 0.1) is 0 Å². The normalized spacial score (nSPS) is 13.8. The van der Waals surface area contributed by atoms with Gasteiger partial charge in [0.15, 0.2) is 0 Å². The predicted octanol–water partition coefficient (Wildman–Crippen LogP) is 13.2. The maximum atomic E-state index is 2.41. The van der Waals surface area contributed by atoms with Gasteiger partial charge in [-0.25, -0.2) is 0 Å². The number of rotatable bonds is 3. The SMILES string of the molecule is CC(C)(C)c1cc2ccc3ccc(-c4cccc(-c5ccc(-c6ccc7c(c6)C(C)(C)c6ccccc6-7)cc5)c4)c4ccc(c1)c2c34. The van der Waals surface area contributed by atoms with Crippen molar-refractivity contribution in [2.24, 2.45) is 0 Å². The molecular formula is C47H38. The van der Waals surface area contributed by atoms with Gasteiger partial charge >= 0.3 is 0 Å². The highest BCUT2D eigenvalue weighted by atomic mass is 14.4. The first-order chi connectivity index (χ1) is 22.7. The molecule has 0 heterocycles. The van der Waals surface area contributed by atoms with Crippen LogP contribution in [0.1, 0.15) is 51.3 Å². The molecule has 8 aromatic carbocycles. The zero-order valence-electron chi connectivity index (χ0n) is 27.8. The molecule has 0 nitrogen and oxygen atoms in total. The van der Waals surface area contributed by atoms with Gasteiger partial charge in [0.2, 0.25) is 0 Å². The van der Waals surface area contributed by atoms with E-state index in [-0.39, 0.29) is 10.8 Å². The summed E-state index contributed by atoms with van der Waals surface area (Å²) in [5.74, 6) is 0. The molecule has 0 atom stereocenters. The monoisotopic (exact) mass is 602 g/mol. The molecule has 47 heavy (non-hydrogen) atoms. The van der Waals surface area contributed by atoms with E-state index < -0.39 is 0 Å². The van der Waals surface area contributed by atoms with E-state index >= 15 is 0 Å². The predicted molar refractivity (Wildman–Crippen MR) is 203 cm³/mol. The van der Waals surface area contributed by atoms with Crippen molar-refractivity contribution in [2.75, 3.05) is 0 Å². The third-order valence-electron chi connectivity index (χ3n) is 10.8. The molecule has 0 bridgehead atoms. The fraction of sp³-hybridized carbons (Fsp3) is 0.149. The fourth-order valence-electron chi connectivity index (χ4n) is 8.11. The summed E-state index contributed by atoms with van der Waals surface area (Å²) < 4.78 is 0. The van der Waals surface area contributed by atoms with Crippen molar-refractivity contribution < 1.29 is 0 Å². The topological polar surface area (TPSA) is 0 Å². The molecule has 0 spiro atoms. The van der Waals surface area contributed by atoms with Crippen LogP contribution in [0.4, 0.5) is 0 Å². The minimum Gasteiger partial charge on any atom is -0.0619 e. The Labute approximate surface area is 277 Å². The number of hydrogen-bond acceptors (Lipinski definition) is 0. The molecule has 0 aromatic heterocycles. The quantitative estimate of drug-likeness (QED) is 0.177. The molecule has 226 valence electrons. The van der Waals surface area contributed by atoms with Crippen LogP contribution in [0.2, 0.25) is 0 Å². The van der Waals surface area contributed by atoms with Crippen molar-refractivity contribution >= 4 is 32.3 Å². The van der Waals surface area contributed by atoms with E-state index in [1.165, 1.54) is 93.5 Å². The maximum absolute atomic E-state index is 2.41. The highest BCUT2D eigenvalue weighted by Gasteiger charge is 2.35. The largest absolute Gasteiger partial charge is 0.0619 e. The number of hydrogen-bond donors (Lipinski definition) is 0. The zero-order chi connectivity index (χ0) is 32.1. The van der Waals surface area contributed by atoms with Crippen LogP contribution < -0.4 is 0 Å². The summed E-state index contributed by atoms with van der Waals surface area (Å²) in [7, 11) is 0. The second kappa shape index (κ2) is 9.90. The van der Waals surface area contributed by atoms with E-state index in [1.54, 1.807) is 0 Å². The lowest BCUT2D eigenvalue weighted by molar-refractivity contribution is 0.591. The summed E-state index contributed by atoms with van der Waals surface area (Å²) >= 11 is 0. The summed E-state index contributed by atoms with van der Waals surface area (Å²) in [6, 6.07) is 52.6. The molecule has 0 radical (unpaired) electrons. The van der Waals surface area contributed by atoms with Crippen LogP contribution in [0.5, 0.6) is 0 Å². The number of fused-ring (bicyclic) bond motifs is 3. The van der Waals surface area contributed by atoms with Gasteiger partial charge in [-0.05, 0) is 111 Å². The van der Waals surface area contributed by atoms with Gasteiger partial charge in [0.05, 0.1) is 0 Å². The molecule has 0 saturated carbocycles. The Bertz CT molecular complexity index is 2480. The fourth-order valence-corrected chi connectivity index (χ4v) is 8.11. The van der Waals surface area contributed by atoms with E-state index in [0.29, 0.717) is 0 Å². The summed E-state index contributed by atoms with van der Waals surface area (Å²) in [4.78, 5) is 0. The lowest BCUT2D eigenvalue weighted by Gasteiger charge is -2.22. The van der Waals surface area contributed by atoms with Gasteiger partial charge in [0.1, 0.15) is 0 Å². The van der Waals surface area contributed by atoms with Crippen LogP contribution in [0.25, 0.3) is 76.8 Å². The van der Waals surface area contributed by atoms with Gasteiger partial charge in [-0.15, -0.1) is 0 Å². The summed E-state index contributed by atoms with van der Waals surface area (Å²) in [6.07, 6.45) is 0. The Kier molecular flexibility index (Phi) is 5.91. The molecule has 1 aliphatic carbocycles. The summed E-state index contributed by atoms with van der Waals surface area (Å²) in [5.41, 5.74) is 14.6. The molecule has 9 rings (SSSR count). The van der Waals surface area contributed by atoms with E-state index in [9.17, 15) is 0 Å². The molecular weight excluding hydrogens is 565 g/mol. The second-order valence-corrected chi connectivity index (χ2v) is 15.0. The van der Waals surface area contributed by atoms with E-state index in [0.717, 1.165) is 0 Å². The first-order valence-electron chi connectivity index (χ1n) is 16.8. The molecule has 0 unspecified atom stereocenters. The van der Waals surface area contributed by atoms with Gasteiger partial charge in [-0.1, -0.05) is 162 Å². The number of benzene rings is 8. The highest BCUT2D eigenvalue weighted by molar-refractivity contribution is 6.25. The Balaban J connectivity index is 1.08. The van der Waals surface area contributed by atoms with Crippen molar-refractivity contribution in [3.63, 3.8) is 0 Å². The smallest absolute Gasteiger partial charge is 0.0159 e. The maximum Gasteiger partial charge on any atom is 0.0159 e. The lowest BCUT2D eigenvalue weighted by Crippen LogP contribution is -2.14. The van der Waals surface area contributed by atoms with Gasteiger partial charge in [0, 0.05) is 5.41 Å². The van der Waals surface area contributed by atoms with Gasteiger partial charge in [-0.2, -0.15) is 0 Å². The zero-order valence-corrected chi connectivity index (χ0v) is 27.8. The van der Waals surface area contributed by atoms with Crippen molar-refractivity contribution in [1.82, 2.24) is 0 Å². The summed E-state index contributed by atoms with van der Waals surface area (Å²) in [6.45, 7) is 11.6. The van der Waals surface area contributed by atoms with E-state index in [2.05, 4.69) is 174 Å². The van der Waals surface area contributed by atoms with Crippen molar-refractivity contribution in [2.45, 2.75) is 45.4 Å². The Hall–Kier alpha value is -5.20. The molecule has 0 fully saturated rings. The van der Waals surface area contributed by atoms with E-state index in [4.69, 9.17) is 0 Å². The Morgan fingerprint density at radius 2 is 0.979 bits per heavy atom. The lowest BCUT2D eigenvalue weighted by atomic mass is 9.81. The molecule has 8 aromatic rings. The minimum absolute atomic E-state index is 0.00280. The molecule has 0 saturated heterocycles. The van der Waals surface area contributed by atoms with Crippen LogP contribution in [-0.4, -0.2) is 0 Å². The van der Waals surface area contributed by atoms with Crippen LogP contribution >= 0.6 is 0 Å². The third-order valence-corrected chi connectivity index (χ3v) is 10.8. The first-order valence-corrected chi connectivity index (χ1v) is 16.8. The van der Waals surface area contributed by atoms with E-state index in [1.807, 2.05) is 0 Å². The van der Waals surface area contributed by atoms with Crippen molar-refractivity contribution in [3.05, 3.63) is 156 Å². The van der Waals surface area contributed by atoms with Crippen molar-refractivity contribution in [1.29, 1.82) is 0 Å². The van der Waals surface area contributed by atoms with Crippen LogP contribution in [-0.2, 0) is 10.8 Å². The molecule has 1 aliphatic rings. The average Bonchev–Trinajstić information content (AvgIpc) is 3.32. The van der Waals surface area contributed by atoms with Gasteiger partial charge in [0.25, 0.3) is 0 Å². The van der Waals surface area contributed by atoms with Crippen molar-refractivity contribution in [3.8, 4) is 44.5 Å². The molecule has 0 heteroatoms. The van der Waals surface area contributed by atoms with Crippen LogP contribution in [0.3, 0.4) is 0 Å². The standard InChI is InChI=1S/C47H38/c1-46(2,3)37-26-35-18-17-31-19-22-38(41-24-21-36(27-37)44(35)45(31)41)34-10-8-9-32(25-34)29-13-15-30(16-14-29)33-20-23-40-39-11-6-7-12-42(39)47(4,5)43(40)28-33/h6-28H,1-5H3. The molecule has 0 amide bonds. The average molecular weight is 603 g/mol. The Morgan fingerprint density at radius 3 is 1.72 bits per heavy atom. The molecule has 0 aliphatic heterocycles. The van der Waals surface area contributed by atoms with Gasteiger partial charge in [-0.3, -0.25) is 0 Å². The third kappa shape index (κ3) is 4.28. The molecule has 0 N–H and O–H groups in total. The Morgan fingerprint density at radius 1 is 0.404 bits per heavy atom.